The van der Waals surface area contributed by atoms with E-state index in [1.165, 1.54) is 13.8 Å². The highest BCUT2D eigenvalue weighted by Crippen LogP contribution is 2.14. The summed E-state index contributed by atoms with van der Waals surface area (Å²) in [6.07, 6.45) is 3.36. The summed E-state index contributed by atoms with van der Waals surface area (Å²) >= 11 is 0. The van der Waals surface area contributed by atoms with Gasteiger partial charge >= 0.3 is 5.97 Å². The molecule has 0 fully saturated rings. The third-order valence-corrected chi connectivity index (χ3v) is 2.22. The average molecular weight is 212 g/mol. The molecule has 0 aromatic heterocycles. The molecule has 15 heavy (non-hydrogen) atoms. The van der Waals surface area contributed by atoms with Crippen LogP contribution in [-0.2, 0) is 14.3 Å². The fourth-order valence-corrected chi connectivity index (χ4v) is 1.31. The standard InChI is InChI=1S/C12H20O3/c1-5-6-7-8-12(15-11(4)14)9(2)10(3)13/h12H,2,5-8H2,1,3-4H3. The van der Waals surface area contributed by atoms with Gasteiger partial charge in [-0.3, -0.25) is 9.59 Å². The number of ether oxygens (including phenoxy) is 1. The summed E-state index contributed by atoms with van der Waals surface area (Å²) in [5.41, 5.74) is 0.390. The molecule has 0 heterocycles. The number of hydrogen-bond donors (Lipinski definition) is 0. The van der Waals surface area contributed by atoms with E-state index < -0.39 is 6.10 Å². The first-order valence-corrected chi connectivity index (χ1v) is 5.36. The molecule has 3 heteroatoms. The zero-order valence-corrected chi connectivity index (χ0v) is 9.84. The summed E-state index contributed by atoms with van der Waals surface area (Å²) in [5.74, 6) is -0.475. The molecule has 86 valence electrons. The van der Waals surface area contributed by atoms with Crippen LogP contribution in [-0.4, -0.2) is 17.9 Å². The molecule has 0 saturated heterocycles. The second kappa shape index (κ2) is 7.21. The highest BCUT2D eigenvalue weighted by Gasteiger charge is 2.18. The molecule has 0 rings (SSSR count). The first-order valence-electron chi connectivity index (χ1n) is 5.36. The maximum Gasteiger partial charge on any atom is 0.303 e. The molecule has 0 aliphatic heterocycles. The summed E-state index contributed by atoms with van der Waals surface area (Å²) < 4.78 is 5.06. The number of carbonyl (C=O) groups excluding carboxylic acids is 2. The summed E-state index contributed by atoms with van der Waals surface area (Å²) in [6.45, 7) is 8.55. The fourth-order valence-electron chi connectivity index (χ4n) is 1.31. The molecule has 0 aliphatic carbocycles. The minimum Gasteiger partial charge on any atom is -0.458 e. The van der Waals surface area contributed by atoms with E-state index in [0.29, 0.717) is 12.0 Å². The van der Waals surface area contributed by atoms with E-state index in [9.17, 15) is 9.59 Å². The number of rotatable bonds is 7. The zero-order chi connectivity index (χ0) is 11.8. The Kier molecular flexibility index (Phi) is 6.67. The predicted molar refractivity (Wildman–Crippen MR) is 59.5 cm³/mol. The third kappa shape index (κ3) is 6.05. The number of carbonyl (C=O) groups is 2. The number of ketones is 1. The van der Waals surface area contributed by atoms with E-state index in [2.05, 4.69) is 13.5 Å². The molecule has 0 aliphatic rings. The lowest BCUT2D eigenvalue weighted by Gasteiger charge is -2.17. The van der Waals surface area contributed by atoms with Gasteiger partial charge in [-0.25, -0.2) is 0 Å². The molecule has 0 N–H and O–H groups in total. The van der Waals surface area contributed by atoms with Crippen LogP contribution in [0.2, 0.25) is 0 Å². The minimum atomic E-state index is -0.438. The van der Waals surface area contributed by atoms with Crippen molar-refractivity contribution < 1.29 is 14.3 Å². The molecule has 0 aromatic rings. The second-order valence-corrected chi connectivity index (χ2v) is 3.68. The quantitative estimate of drug-likeness (QED) is 0.370. The summed E-state index contributed by atoms with van der Waals surface area (Å²) in [6, 6.07) is 0. The van der Waals surface area contributed by atoms with Crippen LogP contribution in [0.15, 0.2) is 12.2 Å². The van der Waals surface area contributed by atoms with Crippen molar-refractivity contribution in [1.29, 1.82) is 0 Å². The smallest absolute Gasteiger partial charge is 0.303 e. The van der Waals surface area contributed by atoms with E-state index in [1.54, 1.807) is 0 Å². The number of unbranched alkanes of at least 4 members (excludes halogenated alkanes) is 2. The molecule has 1 unspecified atom stereocenters. The van der Waals surface area contributed by atoms with Gasteiger partial charge < -0.3 is 4.74 Å². The average Bonchev–Trinajstić information content (AvgIpc) is 2.14. The van der Waals surface area contributed by atoms with E-state index in [4.69, 9.17) is 4.74 Å². The Morgan fingerprint density at radius 1 is 1.27 bits per heavy atom. The molecule has 1 atom stereocenters. The lowest BCUT2D eigenvalue weighted by atomic mass is 10.0. The van der Waals surface area contributed by atoms with Gasteiger partial charge in [0.1, 0.15) is 6.10 Å². The van der Waals surface area contributed by atoms with Gasteiger partial charge in [0.2, 0.25) is 0 Å². The van der Waals surface area contributed by atoms with Crippen molar-refractivity contribution in [2.75, 3.05) is 0 Å². The first kappa shape index (κ1) is 13.9. The molecule has 0 saturated carbocycles. The summed E-state index contributed by atoms with van der Waals surface area (Å²) in [7, 11) is 0. The van der Waals surface area contributed by atoms with Crippen molar-refractivity contribution in [3.05, 3.63) is 12.2 Å². The minimum absolute atomic E-state index is 0.113. The Hall–Kier alpha value is -1.12. The zero-order valence-electron chi connectivity index (χ0n) is 9.84. The Morgan fingerprint density at radius 2 is 1.87 bits per heavy atom. The number of hydrogen-bond acceptors (Lipinski definition) is 3. The van der Waals surface area contributed by atoms with Gasteiger partial charge in [-0.2, -0.15) is 0 Å². The van der Waals surface area contributed by atoms with Gasteiger partial charge in [0.05, 0.1) is 0 Å². The Balaban J connectivity index is 4.24. The van der Waals surface area contributed by atoms with Gasteiger partial charge in [0, 0.05) is 12.5 Å². The molecule has 0 amide bonds. The van der Waals surface area contributed by atoms with Gasteiger partial charge in [0.25, 0.3) is 0 Å². The summed E-state index contributed by atoms with van der Waals surface area (Å²) in [4.78, 5) is 21.9. The monoisotopic (exact) mass is 212 g/mol. The molecule has 0 spiro atoms. The largest absolute Gasteiger partial charge is 0.458 e. The van der Waals surface area contributed by atoms with Crippen LogP contribution in [0.25, 0.3) is 0 Å². The topological polar surface area (TPSA) is 43.4 Å². The first-order chi connectivity index (χ1) is 6.99. The van der Waals surface area contributed by atoms with Crippen molar-refractivity contribution in [2.45, 2.75) is 52.6 Å². The predicted octanol–water partition coefficient (Wildman–Crippen LogP) is 2.64. The fraction of sp³-hybridized carbons (Fsp3) is 0.667. The maximum absolute atomic E-state index is 11.1. The van der Waals surface area contributed by atoms with E-state index in [-0.39, 0.29) is 11.8 Å². The molecule has 0 aromatic carbocycles. The SMILES string of the molecule is C=C(C(C)=O)C(CCCCC)OC(C)=O. The van der Waals surface area contributed by atoms with Crippen LogP contribution in [0.1, 0.15) is 46.5 Å². The molecule has 3 nitrogen and oxygen atoms in total. The maximum atomic E-state index is 11.1. The van der Waals surface area contributed by atoms with E-state index in [0.717, 1.165) is 19.3 Å². The summed E-state index contributed by atoms with van der Waals surface area (Å²) in [5, 5.41) is 0. The lowest BCUT2D eigenvalue weighted by Crippen LogP contribution is -2.22. The van der Waals surface area contributed by atoms with Crippen molar-refractivity contribution in [3.63, 3.8) is 0 Å². The lowest BCUT2D eigenvalue weighted by molar-refractivity contribution is -0.145. The second-order valence-electron chi connectivity index (χ2n) is 3.68. The Bertz CT molecular complexity index is 243. The Labute approximate surface area is 91.5 Å². The Morgan fingerprint density at radius 3 is 2.27 bits per heavy atom. The number of Topliss-reactive ketones (excluding diaryl/α,β-unsaturated/α-hetero) is 1. The molecular formula is C12H20O3. The van der Waals surface area contributed by atoms with Crippen molar-refractivity contribution >= 4 is 11.8 Å². The van der Waals surface area contributed by atoms with Crippen LogP contribution in [0.3, 0.4) is 0 Å². The van der Waals surface area contributed by atoms with Gasteiger partial charge in [-0.1, -0.05) is 26.3 Å². The molecule has 0 radical (unpaired) electrons. The van der Waals surface area contributed by atoms with Gasteiger partial charge in [-0.15, -0.1) is 0 Å². The van der Waals surface area contributed by atoms with Crippen LogP contribution in [0, 0.1) is 0 Å². The molecule has 0 bridgehead atoms. The van der Waals surface area contributed by atoms with Crippen molar-refractivity contribution in [3.8, 4) is 0 Å². The third-order valence-electron chi connectivity index (χ3n) is 2.22. The highest BCUT2D eigenvalue weighted by atomic mass is 16.5. The van der Waals surface area contributed by atoms with E-state index >= 15 is 0 Å². The van der Waals surface area contributed by atoms with Gasteiger partial charge in [0.15, 0.2) is 5.78 Å². The van der Waals surface area contributed by atoms with Crippen molar-refractivity contribution in [1.82, 2.24) is 0 Å². The normalized spacial score (nSPS) is 11.9. The van der Waals surface area contributed by atoms with E-state index in [1.807, 2.05) is 0 Å². The van der Waals surface area contributed by atoms with Crippen LogP contribution >= 0.6 is 0 Å². The number of esters is 1. The van der Waals surface area contributed by atoms with Gasteiger partial charge in [-0.05, 0) is 19.8 Å². The highest BCUT2D eigenvalue weighted by molar-refractivity contribution is 5.93. The van der Waals surface area contributed by atoms with Crippen LogP contribution in [0.5, 0.6) is 0 Å². The molecular weight excluding hydrogens is 192 g/mol. The van der Waals surface area contributed by atoms with Crippen molar-refractivity contribution in [2.24, 2.45) is 0 Å². The van der Waals surface area contributed by atoms with Crippen LogP contribution in [0.4, 0.5) is 0 Å². The van der Waals surface area contributed by atoms with Crippen LogP contribution < -0.4 is 0 Å².